The molecule has 0 bridgehead atoms. The van der Waals surface area contributed by atoms with Gasteiger partial charge in [-0.15, -0.1) is 0 Å². The predicted octanol–water partition coefficient (Wildman–Crippen LogP) is 0.468. The van der Waals surface area contributed by atoms with Crippen LogP contribution in [0.25, 0.3) is 0 Å². The van der Waals surface area contributed by atoms with Gasteiger partial charge in [-0.1, -0.05) is 6.92 Å². The molecule has 1 atom stereocenters. The minimum Gasteiger partial charge on any atom is -0.381 e. The van der Waals surface area contributed by atoms with Gasteiger partial charge >= 0.3 is 0 Å². The van der Waals surface area contributed by atoms with Crippen molar-refractivity contribution in [3.63, 3.8) is 0 Å². The summed E-state index contributed by atoms with van der Waals surface area (Å²) in [5.41, 5.74) is 0. The first-order chi connectivity index (χ1) is 5.81. The minimum absolute atomic E-state index is 0.615. The Hall–Kier alpha value is -0.120. The summed E-state index contributed by atoms with van der Waals surface area (Å²) in [6.07, 6.45) is 1.10. The van der Waals surface area contributed by atoms with Crippen molar-refractivity contribution < 1.29 is 4.74 Å². The highest BCUT2D eigenvalue weighted by Crippen LogP contribution is 1.93. The summed E-state index contributed by atoms with van der Waals surface area (Å²) >= 11 is 0. The van der Waals surface area contributed by atoms with Crippen molar-refractivity contribution in [1.82, 2.24) is 10.6 Å². The Kier molecular flexibility index (Phi) is 8.88. The van der Waals surface area contributed by atoms with Gasteiger partial charge in [0.25, 0.3) is 0 Å². The predicted molar refractivity (Wildman–Crippen MR) is 52.5 cm³/mol. The van der Waals surface area contributed by atoms with Crippen LogP contribution in [0.5, 0.6) is 0 Å². The van der Waals surface area contributed by atoms with E-state index in [1.807, 2.05) is 14.1 Å². The van der Waals surface area contributed by atoms with Crippen LogP contribution in [0.1, 0.15) is 13.3 Å². The van der Waals surface area contributed by atoms with Crippen molar-refractivity contribution in [2.45, 2.75) is 13.3 Å². The van der Waals surface area contributed by atoms with Crippen LogP contribution in [0.4, 0.5) is 0 Å². The molecule has 1 unspecified atom stereocenters. The fourth-order valence-electron chi connectivity index (χ4n) is 1.04. The highest BCUT2D eigenvalue weighted by Gasteiger charge is 1.98. The normalized spacial score (nSPS) is 13.2. The maximum atomic E-state index is 5.47. The molecule has 0 amide bonds. The molecule has 12 heavy (non-hydrogen) atoms. The Morgan fingerprint density at radius 3 is 2.58 bits per heavy atom. The Morgan fingerprint density at radius 2 is 2.00 bits per heavy atom. The van der Waals surface area contributed by atoms with Crippen LogP contribution < -0.4 is 10.6 Å². The van der Waals surface area contributed by atoms with Crippen LogP contribution in [-0.4, -0.2) is 40.4 Å². The maximum Gasteiger partial charge on any atom is 0.0503 e. The third-order valence-corrected chi connectivity index (χ3v) is 1.67. The summed E-state index contributed by atoms with van der Waals surface area (Å²) in [5, 5.41) is 6.22. The van der Waals surface area contributed by atoms with E-state index in [4.69, 9.17) is 4.74 Å². The molecule has 0 radical (unpaired) electrons. The summed E-state index contributed by atoms with van der Waals surface area (Å²) in [7, 11) is 3.93. The van der Waals surface area contributed by atoms with E-state index >= 15 is 0 Å². The Balaban J connectivity index is 2.97. The Morgan fingerprint density at radius 1 is 1.25 bits per heavy atom. The SMILES string of the molecule is CNCCCOCC(C)CNC. The molecular weight excluding hydrogens is 152 g/mol. The van der Waals surface area contributed by atoms with Crippen LogP contribution in [0, 0.1) is 5.92 Å². The van der Waals surface area contributed by atoms with Gasteiger partial charge in [-0.05, 0) is 39.5 Å². The third kappa shape index (κ3) is 7.98. The molecule has 0 aromatic heterocycles. The van der Waals surface area contributed by atoms with E-state index in [1.165, 1.54) is 0 Å². The molecular formula is C9H22N2O. The zero-order chi connectivity index (χ0) is 9.23. The van der Waals surface area contributed by atoms with Crippen molar-refractivity contribution >= 4 is 0 Å². The smallest absolute Gasteiger partial charge is 0.0503 e. The molecule has 0 heterocycles. The second-order valence-corrected chi connectivity index (χ2v) is 3.19. The van der Waals surface area contributed by atoms with Crippen LogP contribution in [-0.2, 0) is 4.74 Å². The van der Waals surface area contributed by atoms with E-state index in [0.717, 1.165) is 32.7 Å². The molecule has 3 heteroatoms. The lowest BCUT2D eigenvalue weighted by Crippen LogP contribution is -2.21. The number of rotatable bonds is 8. The lowest BCUT2D eigenvalue weighted by Gasteiger charge is -2.10. The summed E-state index contributed by atoms with van der Waals surface area (Å²) in [6, 6.07) is 0. The van der Waals surface area contributed by atoms with E-state index < -0.39 is 0 Å². The van der Waals surface area contributed by atoms with Gasteiger partial charge in [0.05, 0.1) is 6.61 Å². The zero-order valence-corrected chi connectivity index (χ0v) is 8.52. The maximum absolute atomic E-state index is 5.47. The first-order valence-corrected chi connectivity index (χ1v) is 4.68. The highest BCUT2D eigenvalue weighted by molar-refractivity contribution is 4.52. The quantitative estimate of drug-likeness (QED) is 0.525. The number of nitrogens with one attached hydrogen (secondary N) is 2. The molecule has 0 saturated heterocycles. The average molecular weight is 174 g/mol. The second-order valence-electron chi connectivity index (χ2n) is 3.19. The average Bonchev–Trinajstić information content (AvgIpc) is 2.05. The van der Waals surface area contributed by atoms with Crippen molar-refractivity contribution in [3.8, 4) is 0 Å². The molecule has 0 aliphatic carbocycles. The van der Waals surface area contributed by atoms with Gasteiger partial charge in [-0.2, -0.15) is 0 Å². The van der Waals surface area contributed by atoms with Crippen LogP contribution >= 0.6 is 0 Å². The lowest BCUT2D eigenvalue weighted by molar-refractivity contribution is 0.103. The highest BCUT2D eigenvalue weighted by atomic mass is 16.5. The van der Waals surface area contributed by atoms with Gasteiger partial charge in [-0.25, -0.2) is 0 Å². The second kappa shape index (κ2) is 8.97. The zero-order valence-electron chi connectivity index (χ0n) is 8.52. The number of hydrogen-bond acceptors (Lipinski definition) is 3. The summed E-state index contributed by atoms with van der Waals surface area (Å²) in [4.78, 5) is 0. The summed E-state index contributed by atoms with van der Waals surface area (Å²) in [5.74, 6) is 0.615. The Labute approximate surface area is 75.9 Å². The van der Waals surface area contributed by atoms with E-state index in [2.05, 4.69) is 17.6 Å². The van der Waals surface area contributed by atoms with E-state index in [-0.39, 0.29) is 0 Å². The van der Waals surface area contributed by atoms with Crippen molar-refractivity contribution in [2.24, 2.45) is 5.92 Å². The van der Waals surface area contributed by atoms with Gasteiger partial charge in [0.15, 0.2) is 0 Å². The number of hydrogen-bond donors (Lipinski definition) is 2. The molecule has 0 saturated carbocycles. The molecule has 0 aromatic carbocycles. The van der Waals surface area contributed by atoms with Crippen molar-refractivity contribution in [2.75, 3.05) is 40.4 Å². The third-order valence-electron chi connectivity index (χ3n) is 1.67. The van der Waals surface area contributed by atoms with Crippen molar-refractivity contribution in [3.05, 3.63) is 0 Å². The fraction of sp³-hybridized carbons (Fsp3) is 1.00. The molecule has 74 valence electrons. The summed E-state index contributed by atoms with van der Waals surface area (Å²) in [6.45, 7) is 6.00. The standard InChI is InChI=1S/C9H22N2O/c1-9(7-11-3)8-12-6-4-5-10-2/h9-11H,4-8H2,1-3H3. The monoisotopic (exact) mass is 174 g/mol. The Bertz CT molecular complexity index is 88.6. The van der Waals surface area contributed by atoms with Crippen molar-refractivity contribution in [1.29, 1.82) is 0 Å². The first kappa shape index (κ1) is 11.9. The summed E-state index contributed by atoms with van der Waals surface area (Å²) < 4.78 is 5.47. The van der Waals surface area contributed by atoms with E-state index in [9.17, 15) is 0 Å². The molecule has 0 aliphatic heterocycles. The largest absolute Gasteiger partial charge is 0.381 e. The van der Waals surface area contributed by atoms with Crippen LogP contribution in [0.3, 0.4) is 0 Å². The topological polar surface area (TPSA) is 33.3 Å². The lowest BCUT2D eigenvalue weighted by atomic mass is 10.2. The molecule has 0 aliphatic rings. The number of ether oxygens (including phenoxy) is 1. The fourth-order valence-corrected chi connectivity index (χ4v) is 1.04. The van der Waals surface area contributed by atoms with Gasteiger partial charge < -0.3 is 15.4 Å². The van der Waals surface area contributed by atoms with E-state index in [1.54, 1.807) is 0 Å². The van der Waals surface area contributed by atoms with Gasteiger partial charge in [0, 0.05) is 6.61 Å². The van der Waals surface area contributed by atoms with E-state index in [0.29, 0.717) is 5.92 Å². The first-order valence-electron chi connectivity index (χ1n) is 4.68. The molecule has 3 nitrogen and oxygen atoms in total. The molecule has 0 spiro atoms. The van der Waals surface area contributed by atoms with Crippen LogP contribution in [0.2, 0.25) is 0 Å². The van der Waals surface area contributed by atoms with Crippen LogP contribution in [0.15, 0.2) is 0 Å². The molecule has 0 rings (SSSR count). The molecule has 2 N–H and O–H groups in total. The van der Waals surface area contributed by atoms with Gasteiger partial charge in [0.1, 0.15) is 0 Å². The van der Waals surface area contributed by atoms with Gasteiger partial charge in [0.2, 0.25) is 0 Å². The minimum atomic E-state index is 0.615. The molecule has 0 aromatic rings. The van der Waals surface area contributed by atoms with Gasteiger partial charge in [-0.3, -0.25) is 0 Å². The molecule has 0 fully saturated rings.